The molecule has 2 aliphatic rings. The summed E-state index contributed by atoms with van der Waals surface area (Å²) >= 11 is 0. The Hall–Kier alpha value is -2.72. The van der Waals surface area contributed by atoms with E-state index in [1.165, 1.54) is 24.3 Å². The molecule has 2 aliphatic heterocycles. The molecule has 2 heterocycles. The second-order valence-corrected chi connectivity index (χ2v) is 8.61. The van der Waals surface area contributed by atoms with E-state index in [9.17, 15) is 19.4 Å². The molecule has 0 unspecified atom stereocenters. The second kappa shape index (κ2) is 9.83. The van der Waals surface area contributed by atoms with Crippen molar-refractivity contribution in [2.75, 3.05) is 26.2 Å². The van der Waals surface area contributed by atoms with Crippen molar-refractivity contribution in [3.8, 4) is 11.8 Å². The number of hydrogen-bond acceptors (Lipinski definition) is 4. The van der Waals surface area contributed by atoms with Gasteiger partial charge in [-0.25, -0.2) is 4.39 Å². The molecule has 6 heteroatoms. The molecular formula is C26H29FN2O3. The van der Waals surface area contributed by atoms with Gasteiger partial charge < -0.3 is 15.1 Å². The van der Waals surface area contributed by atoms with Gasteiger partial charge in [0.25, 0.3) is 5.91 Å². The molecule has 5 nitrogen and oxygen atoms in total. The number of benzene rings is 2. The Balaban J connectivity index is 1.55. The molecule has 2 aromatic carbocycles. The number of rotatable bonds is 3. The summed E-state index contributed by atoms with van der Waals surface area (Å²) in [5, 5.41) is 19.4. The predicted molar refractivity (Wildman–Crippen MR) is 121 cm³/mol. The molecule has 1 amide bonds. The first-order valence-electron chi connectivity index (χ1n) is 11.2. The third-order valence-corrected chi connectivity index (χ3v) is 6.47. The van der Waals surface area contributed by atoms with Crippen LogP contribution in [0.15, 0.2) is 48.5 Å². The van der Waals surface area contributed by atoms with Gasteiger partial charge in [-0.05, 0) is 68.3 Å². The monoisotopic (exact) mass is 436 g/mol. The Morgan fingerprint density at radius 2 is 1.81 bits per heavy atom. The summed E-state index contributed by atoms with van der Waals surface area (Å²) in [5.74, 6) is 5.37. The van der Waals surface area contributed by atoms with E-state index in [2.05, 4.69) is 16.7 Å². The van der Waals surface area contributed by atoms with Crippen LogP contribution in [0, 0.1) is 17.7 Å². The molecule has 0 saturated carbocycles. The van der Waals surface area contributed by atoms with E-state index in [0.717, 1.165) is 30.5 Å². The van der Waals surface area contributed by atoms with Gasteiger partial charge in [-0.15, -0.1) is 0 Å². The molecule has 0 radical (unpaired) electrons. The lowest BCUT2D eigenvalue weighted by Gasteiger charge is -2.57. The molecule has 0 aliphatic carbocycles. The number of aliphatic hydroxyl groups is 2. The molecule has 0 spiro atoms. The predicted octanol–water partition coefficient (Wildman–Crippen LogP) is 2.62. The smallest absolute Gasteiger partial charge is 0.253 e. The number of nitrogens with zero attached hydrogens (tertiary/aromatic N) is 2. The first-order chi connectivity index (χ1) is 15.5. The summed E-state index contributed by atoms with van der Waals surface area (Å²) in [6, 6.07) is 13.8. The first kappa shape index (κ1) is 22.5. The van der Waals surface area contributed by atoms with Crippen molar-refractivity contribution in [3.05, 3.63) is 71.0 Å². The van der Waals surface area contributed by atoms with E-state index < -0.39 is 6.10 Å². The quantitative estimate of drug-likeness (QED) is 0.727. The van der Waals surface area contributed by atoms with E-state index in [1.54, 1.807) is 6.92 Å². The zero-order valence-electron chi connectivity index (χ0n) is 18.2. The largest absolute Gasteiger partial charge is 0.395 e. The number of hydrogen-bond donors (Lipinski definition) is 2. The van der Waals surface area contributed by atoms with Crippen molar-refractivity contribution in [2.45, 2.75) is 43.9 Å². The highest BCUT2D eigenvalue weighted by atomic mass is 19.1. The average Bonchev–Trinajstić information content (AvgIpc) is 2.77. The summed E-state index contributed by atoms with van der Waals surface area (Å²) in [7, 11) is 0. The van der Waals surface area contributed by atoms with Gasteiger partial charge in [0.2, 0.25) is 0 Å². The molecule has 168 valence electrons. The molecule has 0 bridgehead atoms. The lowest BCUT2D eigenvalue weighted by Crippen LogP contribution is -2.67. The number of amides is 1. The SMILES string of the molecule is C[C@H](O)C#Cc1ccc([C@H]2[C@H]3CN(C(=O)c4ccc(F)cc4)CCCCN3[C@H]2CO)cc1. The third kappa shape index (κ3) is 4.71. The maximum atomic E-state index is 13.3. The Kier molecular flexibility index (Phi) is 6.90. The maximum Gasteiger partial charge on any atom is 0.253 e. The van der Waals surface area contributed by atoms with Crippen LogP contribution >= 0.6 is 0 Å². The fourth-order valence-electron chi connectivity index (χ4n) is 4.88. The Bertz CT molecular complexity index is 994. The van der Waals surface area contributed by atoms with Crippen molar-refractivity contribution in [1.82, 2.24) is 9.80 Å². The molecule has 4 atom stereocenters. The highest BCUT2D eigenvalue weighted by molar-refractivity contribution is 5.94. The first-order valence-corrected chi connectivity index (χ1v) is 11.2. The van der Waals surface area contributed by atoms with E-state index in [1.807, 2.05) is 29.2 Å². The molecule has 4 rings (SSSR count). The van der Waals surface area contributed by atoms with Crippen LogP contribution in [0.2, 0.25) is 0 Å². The highest BCUT2D eigenvalue weighted by Gasteiger charge is 2.49. The number of carbonyl (C=O) groups is 1. The highest BCUT2D eigenvalue weighted by Crippen LogP contribution is 2.42. The minimum absolute atomic E-state index is 0.0234. The van der Waals surface area contributed by atoms with Gasteiger partial charge in [-0.1, -0.05) is 24.0 Å². The molecule has 0 aromatic heterocycles. The maximum absolute atomic E-state index is 13.3. The van der Waals surface area contributed by atoms with E-state index in [0.29, 0.717) is 18.7 Å². The number of carbonyl (C=O) groups excluding carboxylic acids is 1. The molecule has 32 heavy (non-hydrogen) atoms. The summed E-state index contributed by atoms with van der Waals surface area (Å²) in [4.78, 5) is 17.3. The van der Waals surface area contributed by atoms with Gasteiger partial charge in [-0.3, -0.25) is 9.69 Å². The minimum Gasteiger partial charge on any atom is -0.395 e. The van der Waals surface area contributed by atoms with Crippen molar-refractivity contribution >= 4 is 5.91 Å². The van der Waals surface area contributed by atoms with Crippen LogP contribution in [0.4, 0.5) is 4.39 Å². The van der Waals surface area contributed by atoms with Gasteiger partial charge in [0.15, 0.2) is 0 Å². The van der Waals surface area contributed by atoms with Gasteiger partial charge in [0.05, 0.1) is 6.61 Å². The molecule has 2 fully saturated rings. The fraction of sp³-hybridized carbons (Fsp3) is 0.423. The zero-order valence-corrected chi connectivity index (χ0v) is 18.2. The van der Waals surface area contributed by atoms with Crippen molar-refractivity contribution in [3.63, 3.8) is 0 Å². The number of aliphatic hydroxyl groups excluding tert-OH is 2. The Morgan fingerprint density at radius 3 is 2.47 bits per heavy atom. The van der Waals surface area contributed by atoms with Crippen LogP contribution in [0.1, 0.15) is 47.2 Å². The van der Waals surface area contributed by atoms with Gasteiger partial charge in [-0.2, -0.15) is 0 Å². The van der Waals surface area contributed by atoms with E-state index in [-0.39, 0.29) is 36.3 Å². The van der Waals surface area contributed by atoms with Crippen LogP contribution in [0.25, 0.3) is 0 Å². The van der Waals surface area contributed by atoms with Gasteiger partial charge >= 0.3 is 0 Å². The van der Waals surface area contributed by atoms with E-state index in [4.69, 9.17) is 0 Å². The Morgan fingerprint density at radius 1 is 1.12 bits per heavy atom. The summed E-state index contributed by atoms with van der Waals surface area (Å²) in [5.41, 5.74) is 2.44. The number of halogens is 1. The third-order valence-electron chi connectivity index (χ3n) is 6.47. The van der Waals surface area contributed by atoms with Crippen LogP contribution in [-0.2, 0) is 0 Å². The van der Waals surface area contributed by atoms with Gasteiger partial charge in [0, 0.05) is 42.2 Å². The molecule has 2 N–H and O–H groups in total. The molecule has 2 saturated heterocycles. The average molecular weight is 437 g/mol. The fourth-order valence-corrected chi connectivity index (χ4v) is 4.88. The minimum atomic E-state index is -0.673. The number of fused-ring (bicyclic) bond motifs is 1. The summed E-state index contributed by atoms with van der Waals surface area (Å²) < 4.78 is 13.3. The van der Waals surface area contributed by atoms with Crippen molar-refractivity contribution < 1.29 is 19.4 Å². The molecular weight excluding hydrogens is 407 g/mol. The van der Waals surface area contributed by atoms with Crippen LogP contribution in [0.3, 0.4) is 0 Å². The van der Waals surface area contributed by atoms with Gasteiger partial charge in [0.1, 0.15) is 11.9 Å². The topological polar surface area (TPSA) is 64.0 Å². The van der Waals surface area contributed by atoms with Crippen LogP contribution in [0.5, 0.6) is 0 Å². The Labute approximate surface area is 188 Å². The second-order valence-electron chi connectivity index (χ2n) is 8.61. The van der Waals surface area contributed by atoms with Crippen LogP contribution in [-0.4, -0.2) is 70.3 Å². The summed E-state index contributed by atoms with van der Waals surface area (Å²) in [6.45, 7) is 3.84. The molecule has 2 aromatic rings. The lowest BCUT2D eigenvalue weighted by atomic mass is 9.74. The van der Waals surface area contributed by atoms with Crippen molar-refractivity contribution in [2.24, 2.45) is 0 Å². The standard InChI is InChI=1S/C26H29FN2O3/c1-18(31)4-5-19-6-8-20(9-7-19)25-23-16-28(14-2-3-15-29(23)24(25)17-30)26(32)21-10-12-22(27)13-11-21/h6-13,18,23-25,30-31H,2-3,14-17H2,1H3/t18-,23+,24-,25-/m0/s1. The van der Waals surface area contributed by atoms with Crippen LogP contribution < -0.4 is 0 Å². The van der Waals surface area contributed by atoms with Crippen molar-refractivity contribution in [1.29, 1.82) is 0 Å². The summed E-state index contributed by atoms with van der Waals surface area (Å²) in [6.07, 6.45) is 1.18. The zero-order chi connectivity index (χ0) is 22.7. The normalized spacial score (nSPS) is 24.2. The van der Waals surface area contributed by atoms with E-state index >= 15 is 0 Å². The lowest BCUT2D eigenvalue weighted by molar-refractivity contribution is -0.0606.